The fraction of sp³-hybridized carbons (Fsp3) is 0.950. The minimum Gasteiger partial charge on any atom is -0.486 e. The monoisotopic (exact) mass is 1760 g/mol. The second-order valence-electron chi connectivity index (χ2n) is 45.0. The highest BCUT2D eigenvalue weighted by Crippen LogP contribution is 2.60. The molecule has 0 atom stereocenters. The van der Waals surface area contributed by atoms with Gasteiger partial charge >= 0.3 is 0 Å². The Bertz CT molecular complexity index is 2050. The predicted molar refractivity (Wildman–Crippen MR) is 551 cm³/mol. The van der Waals surface area contributed by atoms with Crippen LogP contribution in [0.25, 0.3) is 0 Å². The Morgan fingerprint density at radius 1 is 0.119 bits per heavy atom. The number of hydrogen-bond donors (Lipinski definition) is 0. The Balaban J connectivity index is 1.18. The second kappa shape index (κ2) is 77.2. The molecule has 738 valence electrons. The van der Waals surface area contributed by atoms with Gasteiger partial charge in [0.1, 0.15) is 0 Å². The van der Waals surface area contributed by atoms with E-state index in [0.717, 1.165) is 70.0 Å². The summed E-state index contributed by atoms with van der Waals surface area (Å²) in [7, 11) is 0. The van der Waals surface area contributed by atoms with E-state index in [1.54, 1.807) is 0 Å². The normalized spacial score (nSPS) is 23.1. The van der Waals surface area contributed by atoms with Crippen molar-refractivity contribution in [1.82, 2.24) is 0 Å². The Morgan fingerprint density at radius 2 is 0.206 bits per heavy atom. The van der Waals surface area contributed by atoms with Crippen LogP contribution < -0.4 is 28.4 Å². The lowest BCUT2D eigenvalue weighted by Gasteiger charge is -2.34. The zero-order valence-electron chi connectivity index (χ0n) is 86.3. The SMILES string of the molecule is CCCCCCCCCCCCC1CCC(COc2c(OCC3CCC(CCCCCCCCCCCC)CC3)c(OCC3CCC(CCCCCCCCCCCC)CC3)c(OCC3CCC(CCCCCCCCCCCC)CC3)c(OCC3CCC(CCCCCCCCCCCC)CC3)c2OCC2CCC(CCCCCCCCCCCC)CC2)CC1. The van der Waals surface area contributed by atoms with E-state index in [1.807, 2.05) is 0 Å². The number of unbranched alkanes of at least 4 members (excludes halogenated alkanes) is 54. The quantitative estimate of drug-likeness (QED) is 0.0606. The van der Waals surface area contributed by atoms with Gasteiger partial charge in [0.25, 0.3) is 0 Å². The van der Waals surface area contributed by atoms with Gasteiger partial charge < -0.3 is 28.4 Å². The van der Waals surface area contributed by atoms with Gasteiger partial charge in [-0.3, -0.25) is 0 Å². The molecule has 6 aliphatic carbocycles. The average Bonchev–Trinajstić information content (AvgIpc) is 0.760. The van der Waals surface area contributed by atoms with Crippen LogP contribution in [-0.2, 0) is 0 Å². The fourth-order valence-corrected chi connectivity index (χ4v) is 24.3. The second-order valence-corrected chi connectivity index (χ2v) is 45.0. The van der Waals surface area contributed by atoms with E-state index in [0.29, 0.717) is 75.1 Å². The van der Waals surface area contributed by atoms with Crippen molar-refractivity contribution in [2.75, 3.05) is 39.6 Å². The molecule has 0 aromatic heterocycles. The molecule has 6 fully saturated rings. The predicted octanol–water partition coefficient (Wildman–Crippen LogP) is 40.7. The van der Waals surface area contributed by atoms with Crippen LogP contribution in [0.15, 0.2) is 0 Å². The van der Waals surface area contributed by atoms with E-state index in [1.165, 1.54) is 578 Å². The number of ether oxygens (including phenoxy) is 6. The van der Waals surface area contributed by atoms with Crippen molar-refractivity contribution < 1.29 is 28.4 Å². The van der Waals surface area contributed by atoms with E-state index in [4.69, 9.17) is 28.4 Å². The number of hydrogen-bond acceptors (Lipinski definition) is 6. The number of rotatable bonds is 84. The highest BCUT2D eigenvalue weighted by molar-refractivity contribution is 5.74. The third-order valence-corrected chi connectivity index (χ3v) is 33.6. The van der Waals surface area contributed by atoms with Gasteiger partial charge in [-0.15, -0.1) is 0 Å². The molecule has 0 saturated heterocycles. The zero-order valence-corrected chi connectivity index (χ0v) is 86.3. The minimum absolute atomic E-state index is 0.502. The Labute approximate surface area is 788 Å². The molecule has 6 saturated carbocycles. The van der Waals surface area contributed by atoms with Crippen LogP contribution in [0.2, 0.25) is 0 Å². The summed E-state index contributed by atoms with van der Waals surface area (Å²) in [5, 5.41) is 0. The lowest BCUT2D eigenvalue weighted by atomic mass is 9.80. The summed E-state index contributed by atoms with van der Waals surface area (Å²) in [6.45, 7) is 18.2. The van der Waals surface area contributed by atoms with Crippen molar-refractivity contribution in [3.8, 4) is 34.5 Å². The van der Waals surface area contributed by atoms with Crippen LogP contribution in [0.4, 0.5) is 0 Å². The molecule has 0 amide bonds. The first-order valence-corrected chi connectivity index (χ1v) is 59.4. The Hall–Kier alpha value is -1.98. The summed E-state index contributed by atoms with van der Waals surface area (Å²) in [5.41, 5.74) is 0. The van der Waals surface area contributed by atoms with Crippen molar-refractivity contribution in [1.29, 1.82) is 0 Å². The molecular formula is C120H222O6. The van der Waals surface area contributed by atoms with Gasteiger partial charge in [-0.1, -0.05) is 542 Å². The van der Waals surface area contributed by atoms with Crippen LogP contribution in [-0.4, -0.2) is 39.6 Å². The molecule has 0 spiro atoms. The largest absolute Gasteiger partial charge is 0.486 e. The summed E-state index contributed by atoms with van der Waals surface area (Å²) in [5.74, 6) is 12.9. The molecule has 0 heterocycles. The Kier molecular flexibility index (Phi) is 68.0. The molecule has 0 aliphatic heterocycles. The van der Waals surface area contributed by atoms with Crippen molar-refractivity contribution in [3.05, 3.63) is 0 Å². The summed E-state index contributed by atoms with van der Waals surface area (Å²) in [6.07, 6.45) is 125. The molecule has 1 aromatic carbocycles. The average molecular weight is 1760 g/mol. The highest BCUT2D eigenvalue weighted by Gasteiger charge is 2.38. The van der Waals surface area contributed by atoms with Crippen LogP contribution in [0.1, 0.15) is 619 Å². The van der Waals surface area contributed by atoms with Gasteiger partial charge in [0, 0.05) is 0 Å². The van der Waals surface area contributed by atoms with Crippen LogP contribution in [0, 0.1) is 71.0 Å². The molecule has 0 N–H and O–H groups in total. The first-order valence-electron chi connectivity index (χ1n) is 59.4. The molecule has 6 nitrogen and oxygen atoms in total. The lowest BCUT2D eigenvalue weighted by Crippen LogP contribution is -2.25. The molecule has 6 heteroatoms. The third kappa shape index (κ3) is 52.8. The van der Waals surface area contributed by atoms with Gasteiger partial charge in [-0.2, -0.15) is 0 Å². The number of benzene rings is 1. The van der Waals surface area contributed by atoms with Gasteiger partial charge in [-0.05, 0) is 148 Å². The van der Waals surface area contributed by atoms with E-state index >= 15 is 0 Å². The topological polar surface area (TPSA) is 55.4 Å². The summed E-state index contributed by atoms with van der Waals surface area (Å²) < 4.78 is 47.2. The van der Waals surface area contributed by atoms with E-state index in [9.17, 15) is 0 Å². The highest BCUT2D eigenvalue weighted by atomic mass is 16.6. The Morgan fingerprint density at radius 3 is 0.310 bits per heavy atom. The molecule has 0 unspecified atom stereocenters. The molecule has 0 bridgehead atoms. The van der Waals surface area contributed by atoms with Crippen molar-refractivity contribution >= 4 is 0 Å². The van der Waals surface area contributed by atoms with Crippen molar-refractivity contribution in [2.45, 2.75) is 619 Å². The van der Waals surface area contributed by atoms with Crippen LogP contribution in [0.5, 0.6) is 34.5 Å². The summed E-state index contributed by atoms with van der Waals surface area (Å²) >= 11 is 0. The van der Waals surface area contributed by atoms with Gasteiger partial charge in [0.2, 0.25) is 34.5 Å². The van der Waals surface area contributed by atoms with Crippen molar-refractivity contribution in [2.24, 2.45) is 71.0 Å². The van der Waals surface area contributed by atoms with E-state index in [2.05, 4.69) is 41.5 Å². The lowest BCUT2D eigenvalue weighted by molar-refractivity contribution is 0.117. The molecule has 0 radical (unpaired) electrons. The van der Waals surface area contributed by atoms with E-state index < -0.39 is 0 Å². The van der Waals surface area contributed by atoms with Crippen molar-refractivity contribution in [3.63, 3.8) is 0 Å². The summed E-state index contributed by atoms with van der Waals surface area (Å²) in [6, 6.07) is 0. The third-order valence-electron chi connectivity index (χ3n) is 33.6. The molecular weight excluding hydrogens is 1540 g/mol. The standard InChI is InChI=1S/C120H222O6/c1-7-13-19-25-31-37-43-49-55-61-67-103-73-85-109(86-74-103)97-121-115-116(122-98-110-87-75-104(76-88-110)68-62-56-50-44-38-32-26-20-14-8-2)118(124-100-112-91-79-106(80-92-112)70-64-58-52-46-40-34-28-22-16-10-4)120(126-102-114-95-83-108(84-96-114)72-66-60-54-48-42-36-30-24-18-12-6)119(125-101-113-93-81-107(82-94-113)71-65-59-53-47-41-35-29-23-17-11-5)117(115)123-99-111-89-77-105(78-90-111)69-63-57-51-45-39-33-27-21-15-9-3/h103-114H,7-102H2,1-6H3. The first kappa shape index (κ1) is 111. The van der Waals surface area contributed by atoms with Crippen LogP contribution >= 0.6 is 0 Å². The smallest absolute Gasteiger partial charge is 0.211 e. The van der Waals surface area contributed by atoms with Gasteiger partial charge in [0.15, 0.2) is 0 Å². The van der Waals surface area contributed by atoms with Gasteiger partial charge in [-0.25, -0.2) is 0 Å². The molecule has 7 rings (SSSR count). The fourth-order valence-electron chi connectivity index (χ4n) is 24.3. The zero-order chi connectivity index (χ0) is 88.5. The maximum Gasteiger partial charge on any atom is 0.211 e. The minimum atomic E-state index is 0.502. The van der Waals surface area contributed by atoms with E-state index in [-0.39, 0.29) is 0 Å². The maximum atomic E-state index is 7.87. The molecule has 6 aliphatic rings. The maximum absolute atomic E-state index is 7.87. The summed E-state index contributed by atoms with van der Waals surface area (Å²) in [4.78, 5) is 0. The molecule has 1 aromatic rings. The van der Waals surface area contributed by atoms with Gasteiger partial charge in [0.05, 0.1) is 39.6 Å². The van der Waals surface area contributed by atoms with Crippen LogP contribution in [0.3, 0.4) is 0 Å². The molecule has 126 heavy (non-hydrogen) atoms. The first-order chi connectivity index (χ1) is 62.4.